The highest BCUT2D eigenvalue weighted by molar-refractivity contribution is 5.39. The first-order valence-electron chi connectivity index (χ1n) is 6.67. The first kappa shape index (κ1) is 11.0. The zero-order chi connectivity index (χ0) is 11.7. The van der Waals surface area contributed by atoms with Gasteiger partial charge in [0.05, 0.1) is 11.9 Å². The van der Waals surface area contributed by atoms with Crippen LogP contribution in [0.3, 0.4) is 0 Å². The predicted molar refractivity (Wildman–Crippen MR) is 67.9 cm³/mol. The first-order valence-corrected chi connectivity index (χ1v) is 6.67. The molecule has 4 heteroatoms. The maximum absolute atomic E-state index is 4.71. The summed E-state index contributed by atoms with van der Waals surface area (Å²) in [6, 6.07) is 1.44. The van der Waals surface area contributed by atoms with E-state index in [1.54, 1.807) is 0 Å². The molecule has 17 heavy (non-hydrogen) atoms. The standard InChI is InChI=1S/C13H20N4/c1-2-17(12-5-6-12)13-9-14-7-11(16-13)8-15-10-3-4-10/h7,9-10,12,15H,2-6,8H2,1H3. The Morgan fingerprint density at radius 3 is 2.76 bits per heavy atom. The second kappa shape index (κ2) is 4.61. The van der Waals surface area contributed by atoms with E-state index in [1.807, 2.05) is 12.4 Å². The fourth-order valence-corrected chi connectivity index (χ4v) is 2.15. The molecule has 2 fully saturated rings. The van der Waals surface area contributed by atoms with Crippen molar-refractivity contribution in [1.82, 2.24) is 15.3 Å². The Balaban J connectivity index is 1.67. The van der Waals surface area contributed by atoms with E-state index in [9.17, 15) is 0 Å². The van der Waals surface area contributed by atoms with Gasteiger partial charge in [0.25, 0.3) is 0 Å². The molecular formula is C13H20N4. The van der Waals surface area contributed by atoms with Gasteiger partial charge in [0.15, 0.2) is 0 Å². The summed E-state index contributed by atoms with van der Waals surface area (Å²) in [7, 11) is 0. The van der Waals surface area contributed by atoms with Crippen molar-refractivity contribution in [2.24, 2.45) is 0 Å². The van der Waals surface area contributed by atoms with Crippen LogP contribution in [0.25, 0.3) is 0 Å². The van der Waals surface area contributed by atoms with E-state index < -0.39 is 0 Å². The van der Waals surface area contributed by atoms with E-state index in [4.69, 9.17) is 4.98 Å². The molecule has 0 bridgehead atoms. The number of anilines is 1. The lowest BCUT2D eigenvalue weighted by Crippen LogP contribution is -2.27. The van der Waals surface area contributed by atoms with E-state index in [2.05, 4.69) is 22.1 Å². The van der Waals surface area contributed by atoms with Gasteiger partial charge >= 0.3 is 0 Å². The first-order chi connectivity index (χ1) is 8.36. The zero-order valence-corrected chi connectivity index (χ0v) is 10.4. The summed E-state index contributed by atoms with van der Waals surface area (Å²) < 4.78 is 0. The summed E-state index contributed by atoms with van der Waals surface area (Å²) in [5.74, 6) is 1.05. The average Bonchev–Trinajstić information content (AvgIpc) is 3.22. The fraction of sp³-hybridized carbons (Fsp3) is 0.692. The van der Waals surface area contributed by atoms with Gasteiger partial charge in [-0.05, 0) is 32.6 Å². The van der Waals surface area contributed by atoms with Crippen LogP contribution >= 0.6 is 0 Å². The molecule has 1 heterocycles. The molecule has 0 radical (unpaired) electrons. The van der Waals surface area contributed by atoms with Crippen molar-refractivity contribution in [2.45, 2.75) is 51.2 Å². The van der Waals surface area contributed by atoms with Crippen LogP contribution in [0, 0.1) is 0 Å². The van der Waals surface area contributed by atoms with Crippen LogP contribution in [-0.2, 0) is 6.54 Å². The number of hydrogen-bond acceptors (Lipinski definition) is 4. The normalized spacial score (nSPS) is 19.4. The molecule has 0 aromatic carbocycles. The van der Waals surface area contributed by atoms with Gasteiger partial charge in [-0.1, -0.05) is 0 Å². The molecule has 1 aromatic rings. The van der Waals surface area contributed by atoms with E-state index in [0.717, 1.165) is 30.6 Å². The van der Waals surface area contributed by atoms with Crippen LogP contribution in [0.2, 0.25) is 0 Å². The maximum atomic E-state index is 4.71. The highest BCUT2D eigenvalue weighted by Crippen LogP contribution is 2.30. The lowest BCUT2D eigenvalue weighted by Gasteiger charge is -2.21. The highest BCUT2D eigenvalue weighted by Gasteiger charge is 2.29. The van der Waals surface area contributed by atoms with E-state index in [0.29, 0.717) is 6.04 Å². The summed E-state index contributed by atoms with van der Waals surface area (Å²) in [4.78, 5) is 11.4. The topological polar surface area (TPSA) is 41.1 Å². The highest BCUT2D eigenvalue weighted by atomic mass is 15.2. The molecular weight excluding hydrogens is 212 g/mol. The zero-order valence-electron chi connectivity index (χ0n) is 10.4. The minimum absolute atomic E-state index is 0.709. The average molecular weight is 232 g/mol. The largest absolute Gasteiger partial charge is 0.353 e. The predicted octanol–water partition coefficient (Wildman–Crippen LogP) is 1.72. The molecule has 3 rings (SSSR count). The van der Waals surface area contributed by atoms with Gasteiger partial charge in [-0.2, -0.15) is 0 Å². The molecule has 0 unspecified atom stereocenters. The summed E-state index contributed by atoms with van der Waals surface area (Å²) in [6.07, 6.45) is 9.01. The van der Waals surface area contributed by atoms with Gasteiger partial charge in [0.2, 0.25) is 0 Å². The van der Waals surface area contributed by atoms with Crippen LogP contribution in [0.1, 0.15) is 38.3 Å². The van der Waals surface area contributed by atoms with Crippen molar-refractivity contribution in [3.8, 4) is 0 Å². The Morgan fingerprint density at radius 2 is 2.12 bits per heavy atom. The van der Waals surface area contributed by atoms with Gasteiger partial charge in [0.1, 0.15) is 5.82 Å². The number of nitrogens with zero attached hydrogens (tertiary/aromatic N) is 3. The molecule has 2 aliphatic rings. The molecule has 2 saturated carbocycles. The van der Waals surface area contributed by atoms with E-state index >= 15 is 0 Å². The van der Waals surface area contributed by atoms with Gasteiger partial charge in [-0.25, -0.2) is 4.98 Å². The molecule has 0 atom stereocenters. The molecule has 0 saturated heterocycles. The molecule has 2 aliphatic carbocycles. The second-order valence-electron chi connectivity index (χ2n) is 5.04. The Kier molecular flexibility index (Phi) is 2.97. The number of nitrogens with one attached hydrogen (secondary N) is 1. The number of hydrogen-bond donors (Lipinski definition) is 1. The van der Waals surface area contributed by atoms with Crippen molar-refractivity contribution < 1.29 is 0 Å². The Bertz CT molecular complexity index is 385. The summed E-state index contributed by atoms with van der Waals surface area (Å²) in [5.41, 5.74) is 1.06. The molecule has 0 amide bonds. The summed E-state index contributed by atoms with van der Waals surface area (Å²) >= 11 is 0. The number of aromatic nitrogens is 2. The summed E-state index contributed by atoms with van der Waals surface area (Å²) in [6.45, 7) is 4.07. The van der Waals surface area contributed by atoms with Crippen molar-refractivity contribution in [2.75, 3.05) is 11.4 Å². The van der Waals surface area contributed by atoms with Crippen molar-refractivity contribution in [3.63, 3.8) is 0 Å². The van der Waals surface area contributed by atoms with Crippen LogP contribution in [-0.4, -0.2) is 28.6 Å². The monoisotopic (exact) mass is 232 g/mol. The van der Waals surface area contributed by atoms with E-state index in [-0.39, 0.29) is 0 Å². The number of rotatable bonds is 6. The lowest BCUT2D eigenvalue weighted by molar-refractivity contribution is 0.668. The third kappa shape index (κ3) is 2.75. The smallest absolute Gasteiger partial charge is 0.147 e. The van der Waals surface area contributed by atoms with Crippen LogP contribution in [0.15, 0.2) is 12.4 Å². The third-order valence-corrected chi connectivity index (χ3v) is 3.44. The van der Waals surface area contributed by atoms with Gasteiger partial charge < -0.3 is 10.2 Å². The van der Waals surface area contributed by atoms with Crippen LogP contribution in [0.4, 0.5) is 5.82 Å². The van der Waals surface area contributed by atoms with Gasteiger partial charge in [0, 0.05) is 31.4 Å². The molecule has 4 nitrogen and oxygen atoms in total. The molecule has 1 N–H and O–H groups in total. The fourth-order valence-electron chi connectivity index (χ4n) is 2.15. The minimum atomic E-state index is 0.709. The molecule has 0 spiro atoms. The third-order valence-electron chi connectivity index (χ3n) is 3.44. The van der Waals surface area contributed by atoms with Gasteiger partial charge in [-0.15, -0.1) is 0 Å². The Labute approximate surface area is 102 Å². The maximum Gasteiger partial charge on any atom is 0.147 e. The van der Waals surface area contributed by atoms with Crippen molar-refractivity contribution in [3.05, 3.63) is 18.1 Å². The Morgan fingerprint density at radius 1 is 1.29 bits per heavy atom. The molecule has 92 valence electrons. The quantitative estimate of drug-likeness (QED) is 0.811. The molecule has 0 aliphatic heterocycles. The lowest BCUT2D eigenvalue weighted by atomic mass is 10.4. The van der Waals surface area contributed by atoms with E-state index in [1.165, 1.54) is 25.7 Å². The van der Waals surface area contributed by atoms with Crippen molar-refractivity contribution >= 4 is 5.82 Å². The molecule has 1 aromatic heterocycles. The van der Waals surface area contributed by atoms with Gasteiger partial charge in [-0.3, -0.25) is 4.98 Å². The second-order valence-corrected chi connectivity index (χ2v) is 5.04. The Hall–Kier alpha value is -1.16. The SMILES string of the molecule is CCN(c1cncc(CNC2CC2)n1)C1CC1. The summed E-state index contributed by atoms with van der Waals surface area (Å²) in [5, 5.41) is 3.48. The van der Waals surface area contributed by atoms with Crippen LogP contribution < -0.4 is 10.2 Å². The van der Waals surface area contributed by atoms with Crippen molar-refractivity contribution in [1.29, 1.82) is 0 Å². The minimum Gasteiger partial charge on any atom is -0.353 e. The van der Waals surface area contributed by atoms with Crippen LogP contribution in [0.5, 0.6) is 0 Å².